The first-order valence-electron chi connectivity index (χ1n) is 9.18. The molecule has 1 fully saturated rings. The molecule has 0 saturated carbocycles. The molecule has 0 unspecified atom stereocenters. The number of carbonyl (C=O) groups excluding carboxylic acids is 4. The zero-order valence-corrected chi connectivity index (χ0v) is 17.1. The Morgan fingerprint density at radius 1 is 0.862 bits per heavy atom. The van der Waals surface area contributed by atoms with Crippen molar-refractivity contribution in [2.45, 2.75) is 71.2 Å². The van der Waals surface area contributed by atoms with Crippen LogP contribution in [0.25, 0.3) is 0 Å². The quantitative estimate of drug-likeness (QED) is 0.221. The smallest absolute Gasteiger partial charge is 0.303 e. The van der Waals surface area contributed by atoms with E-state index in [0.717, 1.165) is 13.8 Å². The Kier molecular flexibility index (Phi) is 10.3. The molecule has 1 aliphatic rings. The second-order valence-electron chi connectivity index (χ2n) is 6.37. The number of rotatable bonds is 10. The van der Waals surface area contributed by atoms with Crippen molar-refractivity contribution in [1.29, 1.82) is 0 Å². The summed E-state index contributed by atoms with van der Waals surface area (Å²) in [6.45, 7) is 8.27. The molecule has 164 valence electrons. The van der Waals surface area contributed by atoms with Gasteiger partial charge in [0.25, 0.3) is 0 Å². The maximum absolute atomic E-state index is 11.7. The lowest BCUT2D eigenvalue weighted by Crippen LogP contribution is -2.63. The predicted molar refractivity (Wildman–Crippen MR) is 97.3 cm³/mol. The molecule has 0 bridgehead atoms. The van der Waals surface area contributed by atoms with Gasteiger partial charge in [-0.25, -0.2) is 0 Å². The van der Waals surface area contributed by atoms with Gasteiger partial charge in [-0.1, -0.05) is 6.08 Å². The van der Waals surface area contributed by atoms with Crippen molar-refractivity contribution < 1.29 is 47.6 Å². The van der Waals surface area contributed by atoms with E-state index in [1.165, 1.54) is 13.8 Å². The summed E-state index contributed by atoms with van der Waals surface area (Å²) in [5, 5.41) is 0. The Morgan fingerprint density at radius 3 is 1.93 bits per heavy atom. The van der Waals surface area contributed by atoms with Gasteiger partial charge in [0.15, 0.2) is 24.6 Å². The van der Waals surface area contributed by atoms with Gasteiger partial charge in [-0.3, -0.25) is 19.2 Å². The number of ether oxygens (including phenoxy) is 6. The molecule has 10 heteroatoms. The van der Waals surface area contributed by atoms with Crippen LogP contribution in [-0.2, 0) is 47.6 Å². The Morgan fingerprint density at radius 2 is 1.41 bits per heavy atom. The van der Waals surface area contributed by atoms with Crippen LogP contribution in [0, 0.1) is 0 Å². The van der Waals surface area contributed by atoms with Gasteiger partial charge in [-0.2, -0.15) is 0 Å². The number of unbranched alkanes of at least 4 members (excludes halogenated alkanes) is 1. The lowest BCUT2D eigenvalue weighted by molar-refractivity contribution is -0.308. The summed E-state index contributed by atoms with van der Waals surface area (Å²) in [5.41, 5.74) is 0. The second-order valence-corrected chi connectivity index (χ2v) is 6.37. The molecule has 1 saturated heterocycles. The zero-order valence-electron chi connectivity index (χ0n) is 17.1. The molecule has 0 aromatic heterocycles. The lowest BCUT2D eigenvalue weighted by Gasteiger charge is -2.44. The largest absolute Gasteiger partial charge is 0.463 e. The van der Waals surface area contributed by atoms with E-state index in [4.69, 9.17) is 28.4 Å². The lowest BCUT2D eigenvalue weighted by atomic mass is 9.98. The number of esters is 4. The van der Waals surface area contributed by atoms with Gasteiger partial charge in [0.2, 0.25) is 0 Å². The molecule has 0 aromatic rings. The summed E-state index contributed by atoms with van der Waals surface area (Å²) in [5.74, 6) is -2.63. The van der Waals surface area contributed by atoms with Gasteiger partial charge < -0.3 is 28.4 Å². The highest BCUT2D eigenvalue weighted by Gasteiger charge is 2.52. The van der Waals surface area contributed by atoms with Crippen molar-refractivity contribution in [3.8, 4) is 0 Å². The summed E-state index contributed by atoms with van der Waals surface area (Å²) in [6.07, 6.45) is -2.73. The van der Waals surface area contributed by atoms with E-state index >= 15 is 0 Å². The number of carbonyl (C=O) groups is 4. The summed E-state index contributed by atoms with van der Waals surface area (Å²) >= 11 is 0. The molecule has 0 radical (unpaired) electrons. The van der Waals surface area contributed by atoms with E-state index in [-0.39, 0.29) is 13.2 Å². The number of hydrogen-bond acceptors (Lipinski definition) is 10. The van der Waals surface area contributed by atoms with E-state index in [1.54, 1.807) is 6.08 Å². The van der Waals surface area contributed by atoms with Crippen LogP contribution in [0.5, 0.6) is 0 Å². The van der Waals surface area contributed by atoms with E-state index in [9.17, 15) is 19.2 Å². The van der Waals surface area contributed by atoms with Crippen LogP contribution in [0.1, 0.15) is 40.5 Å². The van der Waals surface area contributed by atoms with E-state index in [2.05, 4.69) is 6.58 Å². The monoisotopic (exact) mass is 416 g/mol. The fraction of sp³-hybridized carbons (Fsp3) is 0.684. The van der Waals surface area contributed by atoms with Gasteiger partial charge in [-0.15, -0.1) is 6.58 Å². The molecular weight excluding hydrogens is 388 g/mol. The average Bonchev–Trinajstić information content (AvgIpc) is 2.60. The Bertz CT molecular complexity index is 602. The van der Waals surface area contributed by atoms with Crippen molar-refractivity contribution in [3.05, 3.63) is 12.7 Å². The minimum Gasteiger partial charge on any atom is -0.463 e. The molecule has 0 N–H and O–H groups in total. The van der Waals surface area contributed by atoms with Gasteiger partial charge in [0.05, 0.1) is 6.61 Å². The van der Waals surface area contributed by atoms with Crippen molar-refractivity contribution in [2.24, 2.45) is 0 Å². The SMILES string of the molecule is C=CCCCO[C@@H]1O[C@H](COC(C)=O)[C@@H](OC(C)=O)[C@H](OC(C)=O)[C@@H]1OC(C)=O. The van der Waals surface area contributed by atoms with Crippen molar-refractivity contribution in [1.82, 2.24) is 0 Å². The average molecular weight is 416 g/mol. The minimum atomic E-state index is -1.22. The van der Waals surface area contributed by atoms with Crippen LogP contribution in [-0.4, -0.2) is 67.8 Å². The normalized spacial score (nSPS) is 26.1. The van der Waals surface area contributed by atoms with Crippen LogP contribution in [0.4, 0.5) is 0 Å². The van der Waals surface area contributed by atoms with Crippen LogP contribution in [0.15, 0.2) is 12.7 Å². The molecule has 0 spiro atoms. The van der Waals surface area contributed by atoms with E-state index < -0.39 is 54.6 Å². The molecule has 0 aromatic carbocycles. The first kappa shape index (κ1) is 24.6. The highest BCUT2D eigenvalue weighted by molar-refractivity contribution is 5.68. The summed E-state index contributed by atoms with van der Waals surface area (Å²) in [6, 6.07) is 0. The number of allylic oxidation sites excluding steroid dienone is 1. The topological polar surface area (TPSA) is 124 Å². The van der Waals surface area contributed by atoms with Crippen molar-refractivity contribution >= 4 is 23.9 Å². The maximum atomic E-state index is 11.7. The van der Waals surface area contributed by atoms with Gasteiger partial charge >= 0.3 is 23.9 Å². The fourth-order valence-corrected chi connectivity index (χ4v) is 2.75. The molecule has 10 nitrogen and oxygen atoms in total. The molecule has 5 atom stereocenters. The summed E-state index contributed by atoms with van der Waals surface area (Å²) < 4.78 is 32.3. The standard InChI is InChI=1S/C19H28O10/c1-6-7-8-9-24-19-18(28-14(5)23)17(27-13(4)22)16(26-12(3)21)15(29-19)10-25-11(2)20/h6,15-19H,1,7-10H2,2-5H3/t15-,16-,17+,18+,19-/m1/s1. The van der Waals surface area contributed by atoms with Crippen molar-refractivity contribution in [3.63, 3.8) is 0 Å². The van der Waals surface area contributed by atoms with E-state index in [0.29, 0.717) is 12.8 Å². The molecule has 0 amide bonds. The first-order valence-corrected chi connectivity index (χ1v) is 9.18. The fourth-order valence-electron chi connectivity index (χ4n) is 2.75. The second kappa shape index (κ2) is 12.2. The molecule has 0 aliphatic carbocycles. The van der Waals surface area contributed by atoms with Crippen LogP contribution >= 0.6 is 0 Å². The molecule has 1 rings (SSSR count). The van der Waals surface area contributed by atoms with Gasteiger partial charge in [0, 0.05) is 27.7 Å². The highest BCUT2D eigenvalue weighted by atomic mass is 16.7. The summed E-state index contributed by atoms with van der Waals surface area (Å²) in [4.78, 5) is 46.1. The van der Waals surface area contributed by atoms with E-state index in [1.807, 2.05) is 0 Å². The Hall–Kier alpha value is -2.46. The summed E-state index contributed by atoms with van der Waals surface area (Å²) in [7, 11) is 0. The van der Waals surface area contributed by atoms with Crippen LogP contribution in [0.3, 0.4) is 0 Å². The molecular formula is C19H28O10. The molecule has 29 heavy (non-hydrogen) atoms. The highest BCUT2D eigenvalue weighted by Crippen LogP contribution is 2.30. The predicted octanol–water partition coefficient (Wildman–Crippen LogP) is 1.05. The minimum absolute atomic E-state index is 0.236. The van der Waals surface area contributed by atoms with Crippen LogP contribution < -0.4 is 0 Å². The third kappa shape index (κ3) is 8.61. The van der Waals surface area contributed by atoms with Crippen molar-refractivity contribution in [2.75, 3.05) is 13.2 Å². The third-order valence-corrected chi connectivity index (χ3v) is 3.78. The maximum Gasteiger partial charge on any atom is 0.303 e. The Balaban J connectivity index is 3.19. The molecule has 1 heterocycles. The molecule has 1 aliphatic heterocycles. The van der Waals surface area contributed by atoms with Crippen LogP contribution in [0.2, 0.25) is 0 Å². The van der Waals surface area contributed by atoms with Gasteiger partial charge in [0.1, 0.15) is 12.7 Å². The van der Waals surface area contributed by atoms with Gasteiger partial charge in [-0.05, 0) is 12.8 Å². The Labute approximate surface area is 169 Å². The number of hydrogen-bond donors (Lipinski definition) is 0. The first-order chi connectivity index (χ1) is 13.6. The third-order valence-electron chi connectivity index (χ3n) is 3.78. The zero-order chi connectivity index (χ0) is 22.0.